The minimum absolute atomic E-state index is 0.0823. The quantitative estimate of drug-likeness (QED) is 0.658. The normalized spacial score (nSPS) is 14.0. The van der Waals surface area contributed by atoms with Gasteiger partial charge in [0.05, 0.1) is 5.92 Å². The van der Waals surface area contributed by atoms with Crippen LogP contribution in [0.25, 0.3) is 0 Å². The molecule has 0 bridgehead atoms. The summed E-state index contributed by atoms with van der Waals surface area (Å²) in [6.07, 6.45) is 1.99. The molecule has 0 spiro atoms. The highest BCUT2D eigenvalue weighted by Crippen LogP contribution is 2.34. The maximum absolute atomic E-state index is 11.3. The molecule has 0 aliphatic heterocycles. The molecule has 0 amide bonds. The van der Waals surface area contributed by atoms with Crippen molar-refractivity contribution in [1.29, 1.82) is 0 Å². The summed E-state index contributed by atoms with van der Waals surface area (Å²) in [6, 6.07) is 16.4. The van der Waals surface area contributed by atoms with Gasteiger partial charge in [0, 0.05) is 0 Å². The van der Waals surface area contributed by atoms with E-state index in [0.29, 0.717) is 0 Å². The lowest BCUT2D eigenvalue weighted by atomic mass is 9.79. The number of benzene rings is 2. The summed E-state index contributed by atoms with van der Waals surface area (Å²) in [5, 5.41) is 0. The van der Waals surface area contributed by atoms with Gasteiger partial charge in [-0.1, -0.05) is 48.5 Å². The van der Waals surface area contributed by atoms with Crippen molar-refractivity contribution in [2.75, 3.05) is 0 Å². The van der Waals surface area contributed by atoms with Crippen LogP contribution < -0.4 is 0 Å². The monoisotopic (exact) mass is 208 g/mol. The minimum Gasteiger partial charge on any atom is -0.302 e. The van der Waals surface area contributed by atoms with Gasteiger partial charge in [-0.25, -0.2) is 0 Å². The highest BCUT2D eigenvalue weighted by atomic mass is 16.1. The van der Waals surface area contributed by atoms with E-state index in [9.17, 15) is 4.79 Å². The summed E-state index contributed by atoms with van der Waals surface area (Å²) in [5.41, 5.74) is 4.88. The fourth-order valence-corrected chi connectivity index (χ4v) is 2.52. The van der Waals surface area contributed by atoms with E-state index in [1.807, 2.05) is 24.3 Å². The van der Waals surface area contributed by atoms with Crippen molar-refractivity contribution < 1.29 is 4.79 Å². The van der Waals surface area contributed by atoms with Gasteiger partial charge in [-0.15, -0.1) is 0 Å². The standard InChI is InChI=1S/C15H12O/c16-10-15-13-7-3-1-5-11(13)9-12-6-2-4-8-14(12)15/h1-8,10,15H,9H2. The van der Waals surface area contributed by atoms with Gasteiger partial charge in [-0.05, 0) is 28.7 Å². The van der Waals surface area contributed by atoms with E-state index in [1.165, 1.54) is 11.1 Å². The summed E-state index contributed by atoms with van der Waals surface area (Å²) in [7, 11) is 0. The Hall–Kier alpha value is -1.89. The second kappa shape index (κ2) is 3.60. The Morgan fingerprint density at radius 3 is 1.88 bits per heavy atom. The van der Waals surface area contributed by atoms with Crippen molar-refractivity contribution in [2.45, 2.75) is 12.3 Å². The van der Waals surface area contributed by atoms with E-state index in [-0.39, 0.29) is 5.92 Å². The predicted molar refractivity (Wildman–Crippen MR) is 63.6 cm³/mol. The number of fused-ring (bicyclic) bond motifs is 2. The summed E-state index contributed by atoms with van der Waals surface area (Å²) < 4.78 is 0. The summed E-state index contributed by atoms with van der Waals surface area (Å²) in [4.78, 5) is 11.3. The van der Waals surface area contributed by atoms with Crippen molar-refractivity contribution in [1.82, 2.24) is 0 Å². The van der Waals surface area contributed by atoms with E-state index >= 15 is 0 Å². The smallest absolute Gasteiger partial charge is 0.131 e. The minimum atomic E-state index is -0.0823. The molecule has 2 aromatic carbocycles. The first-order valence-corrected chi connectivity index (χ1v) is 5.51. The fraction of sp³-hybridized carbons (Fsp3) is 0.133. The van der Waals surface area contributed by atoms with Crippen LogP contribution in [0.3, 0.4) is 0 Å². The lowest BCUT2D eigenvalue weighted by Crippen LogP contribution is -2.14. The van der Waals surface area contributed by atoms with Crippen LogP contribution in [0.5, 0.6) is 0 Å². The molecule has 0 N–H and O–H groups in total. The zero-order chi connectivity index (χ0) is 11.0. The highest BCUT2D eigenvalue weighted by Gasteiger charge is 2.23. The first-order chi connectivity index (χ1) is 7.90. The third-order valence-corrected chi connectivity index (χ3v) is 3.30. The van der Waals surface area contributed by atoms with Crippen LogP contribution in [0.15, 0.2) is 48.5 Å². The molecule has 0 radical (unpaired) electrons. The lowest BCUT2D eigenvalue weighted by Gasteiger charge is -2.24. The number of rotatable bonds is 1. The molecule has 1 aliphatic rings. The summed E-state index contributed by atoms with van der Waals surface area (Å²) >= 11 is 0. The van der Waals surface area contributed by atoms with Gasteiger partial charge in [0.2, 0.25) is 0 Å². The van der Waals surface area contributed by atoms with Crippen LogP contribution in [0, 0.1) is 0 Å². The molecule has 0 saturated heterocycles. The van der Waals surface area contributed by atoms with Gasteiger partial charge in [0.1, 0.15) is 6.29 Å². The van der Waals surface area contributed by atoms with Crippen molar-refractivity contribution in [3.05, 3.63) is 70.8 Å². The third kappa shape index (κ3) is 1.28. The number of aldehydes is 1. The molecule has 0 saturated carbocycles. The van der Waals surface area contributed by atoms with Gasteiger partial charge in [-0.2, -0.15) is 0 Å². The Morgan fingerprint density at radius 1 is 0.875 bits per heavy atom. The molecule has 16 heavy (non-hydrogen) atoms. The highest BCUT2D eigenvalue weighted by molar-refractivity contribution is 5.72. The van der Waals surface area contributed by atoms with E-state index < -0.39 is 0 Å². The van der Waals surface area contributed by atoms with Crippen molar-refractivity contribution >= 4 is 6.29 Å². The topological polar surface area (TPSA) is 17.1 Å². The van der Waals surface area contributed by atoms with Gasteiger partial charge in [-0.3, -0.25) is 0 Å². The molecule has 78 valence electrons. The van der Waals surface area contributed by atoms with Crippen molar-refractivity contribution in [3.63, 3.8) is 0 Å². The first kappa shape index (κ1) is 9.34. The SMILES string of the molecule is O=CC1c2ccccc2Cc2ccccc21. The average Bonchev–Trinajstić information content (AvgIpc) is 2.36. The van der Waals surface area contributed by atoms with Crippen LogP contribution in [-0.4, -0.2) is 6.29 Å². The lowest BCUT2D eigenvalue weighted by molar-refractivity contribution is -0.108. The number of hydrogen-bond acceptors (Lipinski definition) is 1. The van der Waals surface area contributed by atoms with Crippen molar-refractivity contribution in [2.24, 2.45) is 0 Å². The summed E-state index contributed by atoms with van der Waals surface area (Å²) in [5.74, 6) is -0.0823. The first-order valence-electron chi connectivity index (χ1n) is 5.51. The average molecular weight is 208 g/mol. The van der Waals surface area contributed by atoms with E-state index in [2.05, 4.69) is 24.3 Å². The maximum atomic E-state index is 11.3. The Balaban J connectivity index is 2.23. The maximum Gasteiger partial charge on any atom is 0.131 e. The molecule has 1 aliphatic carbocycles. The number of carbonyl (C=O) groups excluding carboxylic acids is 1. The second-order valence-corrected chi connectivity index (χ2v) is 4.19. The molecule has 1 nitrogen and oxygen atoms in total. The third-order valence-electron chi connectivity index (χ3n) is 3.30. The zero-order valence-corrected chi connectivity index (χ0v) is 8.89. The van der Waals surface area contributed by atoms with Gasteiger partial charge in [0.15, 0.2) is 0 Å². The zero-order valence-electron chi connectivity index (χ0n) is 8.89. The molecule has 0 atom stereocenters. The predicted octanol–water partition coefficient (Wildman–Crippen LogP) is 2.92. The van der Waals surface area contributed by atoms with Gasteiger partial charge >= 0.3 is 0 Å². The molecule has 0 heterocycles. The molecule has 0 unspecified atom stereocenters. The molecular formula is C15H12O. The molecule has 2 aromatic rings. The largest absolute Gasteiger partial charge is 0.302 e. The van der Waals surface area contributed by atoms with Gasteiger partial charge < -0.3 is 4.79 Å². The Morgan fingerprint density at radius 2 is 1.38 bits per heavy atom. The summed E-state index contributed by atoms with van der Waals surface area (Å²) in [6.45, 7) is 0. The van der Waals surface area contributed by atoms with Crippen LogP contribution >= 0.6 is 0 Å². The van der Waals surface area contributed by atoms with Crippen molar-refractivity contribution in [3.8, 4) is 0 Å². The van der Waals surface area contributed by atoms with Gasteiger partial charge in [0.25, 0.3) is 0 Å². The van der Waals surface area contributed by atoms with E-state index in [1.54, 1.807) is 0 Å². The molecular weight excluding hydrogens is 196 g/mol. The van der Waals surface area contributed by atoms with Crippen LogP contribution in [0.1, 0.15) is 28.2 Å². The Labute approximate surface area is 94.7 Å². The van der Waals surface area contributed by atoms with Crippen LogP contribution in [0.4, 0.5) is 0 Å². The van der Waals surface area contributed by atoms with Crippen LogP contribution in [-0.2, 0) is 11.2 Å². The van der Waals surface area contributed by atoms with Crippen LogP contribution in [0.2, 0.25) is 0 Å². The molecule has 0 fully saturated rings. The number of hydrogen-bond donors (Lipinski definition) is 0. The molecule has 1 heteroatoms. The van der Waals surface area contributed by atoms with E-state index in [0.717, 1.165) is 23.8 Å². The Kier molecular flexibility index (Phi) is 2.10. The Bertz CT molecular complexity index is 497. The number of carbonyl (C=O) groups is 1. The second-order valence-electron chi connectivity index (χ2n) is 4.19. The fourth-order valence-electron chi connectivity index (χ4n) is 2.52. The molecule has 3 rings (SSSR count). The van der Waals surface area contributed by atoms with E-state index in [4.69, 9.17) is 0 Å². The molecule has 0 aromatic heterocycles.